The molecule has 3 N–H and O–H groups in total. The zero-order chi connectivity index (χ0) is 14.7. The molecule has 1 saturated carbocycles. The third kappa shape index (κ3) is 3.83. The van der Waals surface area contributed by atoms with Gasteiger partial charge in [-0.25, -0.2) is 9.97 Å². The summed E-state index contributed by atoms with van der Waals surface area (Å²) in [5, 5.41) is 3.43. The highest BCUT2D eigenvalue weighted by molar-refractivity contribution is 5.55. The van der Waals surface area contributed by atoms with Crippen LogP contribution in [0.15, 0.2) is 0 Å². The second kappa shape index (κ2) is 6.58. The van der Waals surface area contributed by atoms with Gasteiger partial charge in [-0.3, -0.25) is 4.90 Å². The number of aromatic nitrogens is 2. The van der Waals surface area contributed by atoms with E-state index in [2.05, 4.69) is 20.2 Å². The zero-order valence-electron chi connectivity index (χ0n) is 12.8. The molecule has 0 spiro atoms. The Bertz CT molecular complexity index is 483. The Balaban J connectivity index is 1.50. The topological polar surface area (TPSA) is 76.3 Å². The number of morpholine rings is 1. The Kier molecular flexibility index (Phi) is 4.55. The summed E-state index contributed by atoms with van der Waals surface area (Å²) in [5.74, 6) is 2.96. The molecular formula is C15H25N5O. The van der Waals surface area contributed by atoms with Gasteiger partial charge in [0.2, 0.25) is 0 Å². The van der Waals surface area contributed by atoms with E-state index in [0.717, 1.165) is 63.0 Å². The quantitative estimate of drug-likeness (QED) is 0.771. The molecule has 1 aromatic rings. The second-order valence-corrected chi connectivity index (χ2v) is 5.95. The number of nitrogens with zero attached hydrogens (tertiary/aromatic N) is 3. The van der Waals surface area contributed by atoms with Crippen molar-refractivity contribution in [2.45, 2.75) is 32.1 Å². The number of anilines is 2. The molecule has 1 aliphatic carbocycles. The van der Waals surface area contributed by atoms with E-state index >= 15 is 0 Å². The van der Waals surface area contributed by atoms with Crippen LogP contribution in [0.4, 0.5) is 11.6 Å². The lowest BCUT2D eigenvalue weighted by atomic mass is 10.2. The van der Waals surface area contributed by atoms with Gasteiger partial charge in [0.05, 0.1) is 13.2 Å². The Morgan fingerprint density at radius 2 is 2.05 bits per heavy atom. The van der Waals surface area contributed by atoms with E-state index in [9.17, 15) is 0 Å². The fraction of sp³-hybridized carbons (Fsp3) is 0.733. The minimum Gasteiger partial charge on any atom is -0.383 e. The number of rotatable bonds is 6. The second-order valence-electron chi connectivity index (χ2n) is 5.95. The fourth-order valence-electron chi connectivity index (χ4n) is 2.58. The van der Waals surface area contributed by atoms with Crippen LogP contribution in [-0.2, 0) is 4.74 Å². The Morgan fingerprint density at radius 3 is 2.76 bits per heavy atom. The summed E-state index contributed by atoms with van der Waals surface area (Å²) in [6.07, 6.45) is 3.49. The third-order valence-electron chi connectivity index (χ3n) is 4.19. The van der Waals surface area contributed by atoms with Gasteiger partial charge in [-0.05, 0) is 32.7 Å². The summed E-state index contributed by atoms with van der Waals surface area (Å²) in [6, 6.07) is 0. The minimum absolute atomic E-state index is 0.529. The number of hydrogen-bond acceptors (Lipinski definition) is 6. The van der Waals surface area contributed by atoms with Gasteiger partial charge in [0, 0.05) is 31.1 Å². The van der Waals surface area contributed by atoms with E-state index in [4.69, 9.17) is 10.5 Å². The summed E-state index contributed by atoms with van der Waals surface area (Å²) in [5.41, 5.74) is 6.96. The summed E-state index contributed by atoms with van der Waals surface area (Å²) in [7, 11) is 0. The summed E-state index contributed by atoms with van der Waals surface area (Å²) < 4.78 is 5.36. The minimum atomic E-state index is 0.529. The van der Waals surface area contributed by atoms with Gasteiger partial charge in [-0.1, -0.05) is 0 Å². The smallest absolute Gasteiger partial charge is 0.136 e. The SMILES string of the molecule is Cc1c(N)nc(C2CC2)nc1NCCCN1CCOCC1. The van der Waals surface area contributed by atoms with E-state index in [1.807, 2.05) is 6.92 Å². The highest BCUT2D eigenvalue weighted by atomic mass is 16.5. The molecule has 2 fully saturated rings. The Morgan fingerprint density at radius 1 is 1.29 bits per heavy atom. The maximum atomic E-state index is 5.99. The van der Waals surface area contributed by atoms with Crippen LogP contribution in [0.5, 0.6) is 0 Å². The molecule has 6 heteroatoms. The summed E-state index contributed by atoms with van der Waals surface area (Å²) >= 11 is 0. The average Bonchev–Trinajstić information content (AvgIpc) is 3.33. The van der Waals surface area contributed by atoms with Gasteiger partial charge in [0.25, 0.3) is 0 Å². The van der Waals surface area contributed by atoms with Crippen LogP contribution in [0.2, 0.25) is 0 Å². The molecule has 0 bridgehead atoms. The standard InChI is InChI=1S/C15H25N5O/c1-11-13(16)18-15(12-3-4-12)19-14(11)17-5-2-6-20-7-9-21-10-8-20/h12H,2-10H2,1H3,(H3,16,17,18,19). The first kappa shape index (κ1) is 14.5. The first-order valence-electron chi connectivity index (χ1n) is 7.92. The lowest BCUT2D eigenvalue weighted by molar-refractivity contribution is 0.0378. The largest absolute Gasteiger partial charge is 0.383 e. The average molecular weight is 291 g/mol. The molecule has 1 saturated heterocycles. The molecule has 0 radical (unpaired) electrons. The van der Waals surface area contributed by atoms with Gasteiger partial charge in [0.15, 0.2) is 0 Å². The molecule has 0 unspecified atom stereocenters. The highest BCUT2D eigenvalue weighted by Crippen LogP contribution is 2.39. The van der Waals surface area contributed by atoms with E-state index in [0.29, 0.717) is 11.7 Å². The predicted molar refractivity (Wildman–Crippen MR) is 83.5 cm³/mol. The molecule has 116 valence electrons. The van der Waals surface area contributed by atoms with Crippen molar-refractivity contribution in [3.05, 3.63) is 11.4 Å². The van der Waals surface area contributed by atoms with Crippen molar-refractivity contribution >= 4 is 11.6 Å². The third-order valence-corrected chi connectivity index (χ3v) is 4.19. The number of nitrogens with one attached hydrogen (secondary N) is 1. The summed E-state index contributed by atoms with van der Waals surface area (Å²) in [6.45, 7) is 7.82. The molecule has 2 aliphatic rings. The first-order valence-corrected chi connectivity index (χ1v) is 7.92. The summed E-state index contributed by atoms with van der Waals surface area (Å²) in [4.78, 5) is 11.5. The normalized spacial score (nSPS) is 19.7. The molecule has 21 heavy (non-hydrogen) atoms. The monoisotopic (exact) mass is 291 g/mol. The molecule has 3 rings (SSSR count). The number of nitrogens with two attached hydrogens (primary N) is 1. The van der Waals surface area contributed by atoms with Crippen LogP contribution in [0.1, 0.15) is 36.6 Å². The van der Waals surface area contributed by atoms with Crippen molar-refractivity contribution in [2.24, 2.45) is 0 Å². The molecular weight excluding hydrogens is 266 g/mol. The molecule has 0 aromatic carbocycles. The maximum Gasteiger partial charge on any atom is 0.136 e. The van der Waals surface area contributed by atoms with E-state index < -0.39 is 0 Å². The molecule has 1 aliphatic heterocycles. The Labute approximate surface area is 126 Å². The number of nitrogen functional groups attached to an aromatic ring is 1. The van der Waals surface area contributed by atoms with Crippen LogP contribution >= 0.6 is 0 Å². The predicted octanol–water partition coefficient (Wildman–Crippen LogP) is 1.38. The van der Waals surface area contributed by atoms with E-state index in [-0.39, 0.29) is 0 Å². The first-order chi connectivity index (χ1) is 10.2. The van der Waals surface area contributed by atoms with Gasteiger partial charge in [-0.15, -0.1) is 0 Å². The molecule has 2 heterocycles. The van der Waals surface area contributed by atoms with E-state index in [1.54, 1.807) is 0 Å². The van der Waals surface area contributed by atoms with Gasteiger partial charge in [-0.2, -0.15) is 0 Å². The molecule has 0 amide bonds. The fourth-order valence-corrected chi connectivity index (χ4v) is 2.58. The maximum absolute atomic E-state index is 5.99. The molecule has 6 nitrogen and oxygen atoms in total. The molecule has 0 atom stereocenters. The van der Waals surface area contributed by atoms with Crippen molar-refractivity contribution in [1.29, 1.82) is 0 Å². The zero-order valence-corrected chi connectivity index (χ0v) is 12.8. The lowest BCUT2D eigenvalue weighted by Crippen LogP contribution is -2.37. The van der Waals surface area contributed by atoms with Crippen LogP contribution in [0.3, 0.4) is 0 Å². The van der Waals surface area contributed by atoms with Gasteiger partial charge >= 0.3 is 0 Å². The van der Waals surface area contributed by atoms with Crippen LogP contribution in [0, 0.1) is 6.92 Å². The van der Waals surface area contributed by atoms with Crippen LogP contribution in [0.25, 0.3) is 0 Å². The van der Waals surface area contributed by atoms with Crippen LogP contribution < -0.4 is 11.1 Å². The lowest BCUT2D eigenvalue weighted by Gasteiger charge is -2.26. The number of ether oxygens (including phenoxy) is 1. The van der Waals surface area contributed by atoms with Crippen molar-refractivity contribution < 1.29 is 4.74 Å². The van der Waals surface area contributed by atoms with Crippen molar-refractivity contribution in [3.63, 3.8) is 0 Å². The van der Waals surface area contributed by atoms with E-state index in [1.165, 1.54) is 12.8 Å². The Hall–Kier alpha value is -1.40. The van der Waals surface area contributed by atoms with Crippen molar-refractivity contribution in [1.82, 2.24) is 14.9 Å². The highest BCUT2D eigenvalue weighted by Gasteiger charge is 2.27. The van der Waals surface area contributed by atoms with Crippen molar-refractivity contribution in [3.8, 4) is 0 Å². The molecule has 1 aromatic heterocycles. The van der Waals surface area contributed by atoms with Crippen molar-refractivity contribution in [2.75, 3.05) is 50.4 Å². The van der Waals surface area contributed by atoms with Gasteiger partial charge in [0.1, 0.15) is 17.5 Å². The number of hydrogen-bond donors (Lipinski definition) is 2. The van der Waals surface area contributed by atoms with Crippen LogP contribution in [-0.4, -0.2) is 54.3 Å². The van der Waals surface area contributed by atoms with Gasteiger partial charge < -0.3 is 15.8 Å².